The summed E-state index contributed by atoms with van der Waals surface area (Å²) in [5.74, 6) is 0.0790. The van der Waals surface area contributed by atoms with E-state index in [9.17, 15) is 9.59 Å². The van der Waals surface area contributed by atoms with E-state index in [4.69, 9.17) is 4.74 Å². The van der Waals surface area contributed by atoms with Gasteiger partial charge in [0.15, 0.2) is 5.82 Å². The molecule has 0 radical (unpaired) electrons. The van der Waals surface area contributed by atoms with Gasteiger partial charge in [-0.3, -0.25) is 19.2 Å². The molecule has 1 N–H and O–H groups in total. The van der Waals surface area contributed by atoms with Gasteiger partial charge in [0.25, 0.3) is 5.91 Å². The maximum Gasteiger partial charge on any atom is 0.270 e. The standard InChI is InChI=1S/C33H36FN7O3/c1-44-29-7-3-2-6-24(29)26-19-25(22-5-4-12-40(21-22)30(42)10-13-41-14-11-35-37-41)31(34)32-27(26)20-28(36-32)33(43)39-17-15-38(16-18-39)23-8-9-23/h2-3,5-7,11,14,19-20,23,36H,4,8-10,12-13,15-18,21H2,1H3. The van der Waals surface area contributed by atoms with Gasteiger partial charge in [0.05, 0.1) is 25.4 Å². The van der Waals surface area contributed by atoms with Gasteiger partial charge in [-0.15, -0.1) is 5.10 Å². The Labute approximate surface area is 255 Å². The second-order valence-corrected chi connectivity index (χ2v) is 11.8. The fourth-order valence-electron chi connectivity index (χ4n) is 6.47. The third kappa shape index (κ3) is 5.47. The summed E-state index contributed by atoms with van der Waals surface area (Å²) in [7, 11) is 1.61. The number of benzene rings is 2. The number of nitrogens with one attached hydrogen (secondary N) is 1. The number of para-hydroxylation sites is 1. The van der Waals surface area contributed by atoms with E-state index < -0.39 is 5.82 Å². The number of hydrogen-bond acceptors (Lipinski definition) is 6. The van der Waals surface area contributed by atoms with Crippen LogP contribution >= 0.6 is 0 Å². The zero-order valence-electron chi connectivity index (χ0n) is 24.8. The number of amides is 2. The van der Waals surface area contributed by atoms with Gasteiger partial charge in [0.2, 0.25) is 5.91 Å². The molecule has 2 fully saturated rings. The Bertz CT molecular complexity index is 1720. The van der Waals surface area contributed by atoms with Crippen LogP contribution in [0.15, 0.2) is 54.9 Å². The van der Waals surface area contributed by atoms with Crippen molar-refractivity contribution < 1.29 is 18.7 Å². The Hall–Kier alpha value is -4.51. The smallest absolute Gasteiger partial charge is 0.270 e. The summed E-state index contributed by atoms with van der Waals surface area (Å²) in [5.41, 5.74) is 3.35. The van der Waals surface area contributed by atoms with Gasteiger partial charge < -0.3 is 19.5 Å². The lowest BCUT2D eigenvalue weighted by Crippen LogP contribution is -2.49. The molecule has 0 spiro atoms. The summed E-state index contributed by atoms with van der Waals surface area (Å²) in [4.78, 5) is 36.0. The number of aromatic amines is 1. The van der Waals surface area contributed by atoms with Crippen molar-refractivity contribution in [1.29, 1.82) is 0 Å². The molecule has 11 heteroatoms. The van der Waals surface area contributed by atoms with Crippen molar-refractivity contribution in [3.05, 3.63) is 71.9 Å². The first-order valence-corrected chi connectivity index (χ1v) is 15.3. The monoisotopic (exact) mass is 597 g/mol. The first-order valence-electron chi connectivity index (χ1n) is 15.3. The summed E-state index contributed by atoms with van der Waals surface area (Å²) in [6.07, 6.45) is 8.70. The molecule has 2 aliphatic heterocycles. The van der Waals surface area contributed by atoms with Gasteiger partial charge in [-0.1, -0.05) is 29.5 Å². The molecule has 2 aromatic heterocycles. The average Bonchev–Trinajstić information content (AvgIpc) is 3.59. The topological polar surface area (TPSA) is 99.6 Å². The van der Waals surface area contributed by atoms with Gasteiger partial charge in [-0.05, 0) is 48.6 Å². The first kappa shape index (κ1) is 28.3. The molecule has 4 heterocycles. The highest BCUT2D eigenvalue weighted by molar-refractivity contribution is 6.05. The SMILES string of the molecule is COc1ccccc1-c1cc(C2=CCCN(C(=O)CCn3ccnn3)C2)c(F)c2[nH]c(C(=O)N3CCN(C4CC4)CC3)cc12. The normalized spacial score (nSPS) is 17.6. The highest BCUT2D eigenvalue weighted by atomic mass is 19.1. The van der Waals surface area contributed by atoms with Crippen LogP contribution in [0.1, 0.15) is 41.7 Å². The lowest BCUT2D eigenvalue weighted by atomic mass is 9.93. The second-order valence-electron chi connectivity index (χ2n) is 11.8. The molecule has 4 aromatic rings. The van der Waals surface area contributed by atoms with Crippen LogP contribution in [0.2, 0.25) is 0 Å². The number of aryl methyl sites for hydroxylation is 1. The fraction of sp³-hybridized carbons (Fsp3) is 0.394. The molecule has 2 amide bonds. The molecule has 1 saturated carbocycles. The maximum atomic E-state index is 16.5. The van der Waals surface area contributed by atoms with E-state index in [1.807, 2.05) is 41.3 Å². The third-order valence-corrected chi connectivity index (χ3v) is 9.02. The number of methoxy groups -OCH3 is 1. The highest BCUT2D eigenvalue weighted by Gasteiger charge is 2.33. The lowest BCUT2D eigenvalue weighted by molar-refractivity contribution is -0.131. The van der Waals surface area contributed by atoms with Crippen molar-refractivity contribution in [3.63, 3.8) is 0 Å². The number of piperazine rings is 1. The third-order valence-electron chi connectivity index (χ3n) is 9.02. The zero-order chi connectivity index (χ0) is 30.2. The fourth-order valence-corrected chi connectivity index (χ4v) is 6.47. The molecule has 0 unspecified atom stereocenters. The number of nitrogens with zero attached hydrogens (tertiary/aromatic N) is 6. The summed E-state index contributed by atoms with van der Waals surface area (Å²) >= 11 is 0. The number of H-pyrrole nitrogens is 1. The molecule has 10 nitrogen and oxygen atoms in total. The summed E-state index contributed by atoms with van der Waals surface area (Å²) < 4.78 is 23.8. The van der Waals surface area contributed by atoms with E-state index in [0.29, 0.717) is 67.6 Å². The van der Waals surface area contributed by atoms with E-state index in [1.165, 1.54) is 12.8 Å². The van der Waals surface area contributed by atoms with Gasteiger partial charge in [0.1, 0.15) is 11.4 Å². The number of carbonyl (C=O) groups is 2. The predicted molar refractivity (Wildman–Crippen MR) is 165 cm³/mol. The molecular weight excluding hydrogens is 561 g/mol. The largest absolute Gasteiger partial charge is 0.496 e. The summed E-state index contributed by atoms with van der Waals surface area (Å²) in [6.45, 7) is 4.34. The van der Waals surface area contributed by atoms with Crippen LogP contribution in [0.4, 0.5) is 4.39 Å². The van der Waals surface area contributed by atoms with Gasteiger partial charge in [0, 0.05) is 74.4 Å². The van der Waals surface area contributed by atoms with Gasteiger partial charge in [-0.25, -0.2) is 4.39 Å². The summed E-state index contributed by atoms with van der Waals surface area (Å²) in [5, 5.41) is 8.35. The number of carbonyl (C=O) groups excluding carboxylic acids is 2. The van der Waals surface area contributed by atoms with Gasteiger partial charge in [-0.2, -0.15) is 0 Å². The molecule has 3 aliphatic rings. The minimum absolute atomic E-state index is 0.0212. The molecule has 0 atom stereocenters. The Morgan fingerprint density at radius 3 is 2.59 bits per heavy atom. The Morgan fingerprint density at radius 1 is 1.02 bits per heavy atom. The van der Waals surface area contributed by atoms with Crippen molar-refractivity contribution in [2.75, 3.05) is 46.4 Å². The van der Waals surface area contributed by atoms with E-state index in [-0.39, 0.29) is 23.8 Å². The Kier molecular flexibility index (Phi) is 7.63. The highest BCUT2D eigenvalue weighted by Crippen LogP contribution is 2.40. The Morgan fingerprint density at radius 2 is 1.84 bits per heavy atom. The number of halogens is 1. The van der Waals surface area contributed by atoms with Crippen LogP contribution in [0.3, 0.4) is 0 Å². The quantitative estimate of drug-likeness (QED) is 0.327. The molecule has 1 aliphatic carbocycles. The van der Waals surface area contributed by atoms with Crippen LogP contribution < -0.4 is 4.74 Å². The molecule has 1 saturated heterocycles. The molecule has 228 valence electrons. The molecule has 0 bridgehead atoms. The van der Waals surface area contributed by atoms with Crippen LogP contribution in [0.5, 0.6) is 5.75 Å². The average molecular weight is 598 g/mol. The number of rotatable bonds is 8. The minimum Gasteiger partial charge on any atom is -0.496 e. The molecule has 2 aromatic carbocycles. The van der Waals surface area contributed by atoms with E-state index in [1.54, 1.807) is 35.2 Å². The maximum absolute atomic E-state index is 16.5. The van der Waals surface area contributed by atoms with Crippen LogP contribution in [0, 0.1) is 5.82 Å². The second kappa shape index (κ2) is 11.9. The molecule has 44 heavy (non-hydrogen) atoms. The van der Waals surface area contributed by atoms with Crippen LogP contribution in [0.25, 0.3) is 27.6 Å². The van der Waals surface area contributed by atoms with E-state index in [0.717, 1.165) is 29.8 Å². The van der Waals surface area contributed by atoms with E-state index >= 15 is 4.39 Å². The number of ether oxygens (including phenoxy) is 1. The van der Waals surface area contributed by atoms with Crippen molar-refractivity contribution in [3.8, 4) is 16.9 Å². The van der Waals surface area contributed by atoms with Crippen LogP contribution in [-0.4, -0.2) is 98.9 Å². The molecular formula is C33H36FN7O3. The lowest BCUT2D eigenvalue weighted by Gasteiger charge is -2.34. The number of hydrogen-bond donors (Lipinski definition) is 1. The van der Waals surface area contributed by atoms with Gasteiger partial charge >= 0.3 is 0 Å². The van der Waals surface area contributed by atoms with Crippen molar-refractivity contribution >= 4 is 28.3 Å². The number of fused-ring (bicyclic) bond motifs is 1. The van der Waals surface area contributed by atoms with E-state index in [2.05, 4.69) is 20.2 Å². The first-order chi connectivity index (χ1) is 21.5. The van der Waals surface area contributed by atoms with Crippen molar-refractivity contribution in [1.82, 2.24) is 34.7 Å². The molecule has 7 rings (SSSR count). The van der Waals surface area contributed by atoms with Crippen molar-refractivity contribution in [2.24, 2.45) is 0 Å². The zero-order valence-corrected chi connectivity index (χ0v) is 24.8. The predicted octanol–water partition coefficient (Wildman–Crippen LogP) is 4.20. The summed E-state index contributed by atoms with van der Waals surface area (Å²) in [6, 6.07) is 11.9. The number of aromatic nitrogens is 4. The Balaban J connectivity index is 1.22. The van der Waals surface area contributed by atoms with Crippen LogP contribution in [-0.2, 0) is 11.3 Å². The minimum atomic E-state index is -0.431. The van der Waals surface area contributed by atoms with Crippen molar-refractivity contribution in [2.45, 2.75) is 38.3 Å².